The number of esters is 6. The minimum absolute atomic E-state index is 0.0733. The van der Waals surface area contributed by atoms with E-state index in [1.165, 1.54) is 38.5 Å². The maximum Gasteiger partial charge on any atom is 0.310 e. The molecule has 0 aliphatic carbocycles. The lowest BCUT2D eigenvalue weighted by Crippen LogP contribution is -2.47. The van der Waals surface area contributed by atoms with E-state index in [9.17, 15) is 68.4 Å². The molecule has 0 aromatic carbocycles. The van der Waals surface area contributed by atoms with Gasteiger partial charge in [-0.25, -0.2) is 0 Å². The lowest BCUT2D eigenvalue weighted by Gasteiger charge is -2.42. The molecular formula is C100H178N6O20. The molecule has 0 spiro atoms. The molecule has 126 heavy (non-hydrogen) atoms. The van der Waals surface area contributed by atoms with Crippen molar-refractivity contribution >= 4 is 59.6 Å². The van der Waals surface area contributed by atoms with Crippen molar-refractivity contribution in [2.45, 2.75) is 455 Å². The van der Waals surface area contributed by atoms with Gasteiger partial charge in [0, 0.05) is 54.6 Å². The first-order valence-electron chi connectivity index (χ1n) is 49.8. The van der Waals surface area contributed by atoms with Crippen molar-refractivity contribution in [1.82, 2.24) is 30.2 Å². The highest BCUT2D eigenvalue weighted by Crippen LogP contribution is 2.49. The van der Waals surface area contributed by atoms with Gasteiger partial charge in [-0.05, 0) is 69.9 Å². The van der Waals surface area contributed by atoms with Crippen molar-refractivity contribution in [3.63, 3.8) is 0 Å². The Morgan fingerprint density at radius 1 is 0.365 bits per heavy atom. The third-order valence-corrected chi connectivity index (χ3v) is 24.8. The molecule has 0 radical (unpaired) electrons. The number of aryl methyl sites for hydroxylation is 2. The number of unbranched alkanes of at least 4 members (excludes halogenated alkanes) is 32. The number of aliphatic hydroxyl groups is 2. The van der Waals surface area contributed by atoms with E-state index in [1.54, 1.807) is 74.0 Å². The molecule has 6 unspecified atom stereocenters. The topological polar surface area (TPSA) is 367 Å². The molecule has 0 aliphatic heterocycles. The number of carboxylic acids is 2. The molecule has 8 atom stereocenters. The summed E-state index contributed by atoms with van der Waals surface area (Å²) in [6.07, 6.45) is 48.0. The number of amides is 2. The van der Waals surface area contributed by atoms with Crippen molar-refractivity contribution in [2.24, 2.45) is 39.4 Å². The lowest BCUT2D eigenvalue weighted by molar-refractivity contribution is -0.171. The first-order chi connectivity index (χ1) is 60.5. The number of rotatable bonds is 82. The zero-order chi connectivity index (χ0) is 93.5. The third-order valence-electron chi connectivity index (χ3n) is 24.8. The fourth-order valence-corrected chi connectivity index (χ4v) is 16.2. The Morgan fingerprint density at radius 2 is 0.675 bits per heavy atom. The molecule has 26 heteroatoms. The van der Waals surface area contributed by atoms with Gasteiger partial charge in [-0.15, -0.1) is 0 Å². The molecule has 26 nitrogen and oxygen atoms in total. The van der Waals surface area contributed by atoms with Gasteiger partial charge in [-0.1, -0.05) is 340 Å². The standard InChI is InChI=1S/2C50H89N3O10/c1-7-11-15-19-21-24-31-49(46(58)59,30-23-17-13-9-3)38-41(50(47(60)61,32-25-18-14-10-4)33-26-22-20-16-12-8-2)39-62-42(54)28-35-51-45(57)44(56)48(5,6)40-63-43(55)29-37-53-36-27-34-52-53;1-7-11-15-19-21-25-29-41(28-23-17-13-9-3)48(58)61-39-43(63-49(59)42(30-24-18-14-10-4)31-26-22-20-16-12-8-2)38-60-44(54)32-35-51-47(57)46(56)50(5,6)40-62-45(55)33-37-53-36-27-34-52-53/h27,34,36,41,44,56H,7-26,28-33,35,37-40H2,1-6H3,(H,51,57)(H,58,59)(H,60,61);27,34,36,41-43,46,56H,7-26,28-33,35,37-40H2,1-6H3,(H,51,57)/t41?,44-,49?,50?;41?,42?,43?,46-/m00/s1. The van der Waals surface area contributed by atoms with Crippen LogP contribution in [0.2, 0.25) is 0 Å². The second-order valence-electron chi connectivity index (χ2n) is 37.1. The van der Waals surface area contributed by atoms with Crippen LogP contribution in [0, 0.1) is 39.4 Å². The van der Waals surface area contributed by atoms with Gasteiger partial charge in [0.25, 0.3) is 0 Å². The Labute approximate surface area is 760 Å². The molecule has 0 aliphatic rings. The molecule has 728 valence electrons. The molecule has 6 N–H and O–H groups in total. The SMILES string of the molecule is CCCCCCCCC(CCCCCC)(CC(COC(=O)CCNC(=O)[C@H](O)C(C)(C)COC(=O)CCn1cccn1)C(CCCCCC)(CCCCCCCC)C(=O)O)C(=O)O.CCCCCCCCC(CCCCCC)C(=O)OCC(COC(=O)CCNC(=O)[C@H](O)C(C)(C)COC(=O)CCn1cccn1)OC(=O)C(CCCCCC)CCCCCCCC. The summed E-state index contributed by atoms with van der Waals surface area (Å²) in [6.45, 7) is 22.9. The van der Waals surface area contributed by atoms with Gasteiger partial charge in [0.2, 0.25) is 11.8 Å². The molecular weight excluding hydrogens is 1610 g/mol. The van der Waals surface area contributed by atoms with E-state index in [0.29, 0.717) is 51.6 Å². The van der Waals surface area contributed by atoms with Crippen LogP contribution >= 0.6 is 0 Å². The second-order valence-corrected chi connectivity index (χ2v) is 37.1. The summed E-state index contributed by atoms with van der Waals surface area (Å²) < 4.78 is 37.3. The van der Waals surface area contributed by atoms with E-state index in [1.807, 2.05) is 0 Å². The van der Waals surface area contributed by atoms with Gasteiger partial charge in [0.15, 0.2) is 6.10 Å². The van der Waals surface area contributed by atoms with Crippen LogP contribution in [0.3, 0.4) is 0 Å². The number of ether oxygens (including phenoxy) is 6. The molecule has 0 bridgehead atoms. The number of aromatic nitrogens is 4. The van der Waals surface area contributed by atoms with Gasteiger partial charge in [-0.3, -0.25) is 57.3 Å². The highest BCUT2D eigenvalue weighted by atomic mass is 16.6. The molecule has 2 rings (SSSR count). The zero-order valence-corrected chi connectivity index (χ0v) is 80.9. The first-order valence-corrected chi connectivity index (χ1v) is 49.8. The maximum absolute atomic E-state index is 13.8. The van der Waals surface area contributed by atoms with E-state index in [0.717, 1.165) is 231 Å². The predicted molar refractivity (Wildman–Crippen MR) is 495 cm³/mol. The monoisotopic (exact) mass is 1780 g/mol. The number of carboxylic acid groups (broad SMARTS) is 2. The molecule has 2 aromatic heterocycles. The lowest BCUT2D eigenvalue weighted by atomic mass is 9.61. The summed E-state index contributed by atoms with van der Waals surface area (Å²) in [5, 5.41) is 57.4. The van der Waals surface area contributed by atoms with Crippen LogP contribution in [-0.4, -0.2) is 164 Å². The molecule has 0 saturated carbocycles. The predicted octanol–water partition coefficient (Wildman–Crippen LogP) is 21.2. The van der Waals surface area contributed by atoms with Crippen LogP contribution in [0.5, 0.6) is 0 Å². The Morgan fingerprint density at radius 3 is 1.02 bits per heavy atom. The molecule has 0 saturated heterocycles. The van der Waals surface area contributed by atoms with Crippen molar-refractivity contribution in [1.29, 1.82) is 0 Å². The summed E-state index contributed by atoms with van der Waals surface area (Å²) in [5.74, 6) is -7.52. The van der Waals surface area contributed by atoms with Crippen LogP contribution in [0.25, 0.3) is 0 Å². The largest absolute Gasteiger partial charge is 0.481 e. The summed E-state index contributed by atoms with van der Waals surface area (Å²) >= 11 is 0. The van der Waals surface area contributed by atoms with Crippen LogP contribution in [-0.2, 0) is 89.5 Å². The van der Waals surface area contributed by atoms with Crippen LogP contribution in [0.1, 0.15) is 423 Å². The summed E-state index contributed by atoms with van der Waals surface area (Å²) in [6, 6.07) is 3.50. The highest BCUT2D eigenvalue weighted by Gasteiger charge is 2.51. The molecule has 2 heterocycles. The minimum atomic E-state index is -1.55. The van der Waals surface area contributed by atoms with E-state index in [4.69, 9.17) is 28.4 Å². The van der Waals surface area contributed by atoms with E-state index in [-0.39, 0.29) is 102 Å². The number of nitrogens with one attached hydrogen (secondary N) is 2. The fourth-order valence-electron chi connectivity index (χ4n) is 16.2. The first kappa shape index (κ1) is 117. The number of carbonyl (C=O) groups excluding carboxylic acids is 8. The van der Waals surface area contributed by atoms with Gasteiger partial charge in [0.1, 0.15) is 25.4 Å². The summed E-state index contributed by atoms with van der Waals surface area (Å²) in [5.41, 5.74) is -4.68. The van der Waals surface area contributed by atoms with Crippen molar-refractivity contribution in [3.8, 4) is 0 Å². The second kappa shape index (κ2) is 72.8. The van der Waals surface area contributed by atoms with Crippen molar-refractivity contribution in [2.75, 3.05) is 46.1 Å². The summed E-state index contributed by atoms with van der Waals surface area (Å²) in [7, 11) is 0. The van der Waals surface area contributed by atoms with Gasteiger partial charge < -0.3 is 59.5 Å². The van der Waals surface area contributed by atoms with Gasteiger partial charge >= 0.3 is 47.8 Å². The normalized spacial score (nSPS) is 14.0. The van der Waals surface area contributed by atoms with Gasteiger partial charge in [-0.2, -0.15) is 10.2 Å². The smallest absolute Gasteiger partial charge is 0.310 e. The molecule has 2 amide bonds. The van der Waals surface area contributed by atoms with Crippen LogP contribution < -0.4 is 10.6 Å². The van der Waals surface area contributed by atoms with E-state index >= 15 is 0 Å². The number of carbonyl (C=O) groups is 10. The number of aliphatic carboxylic acids is 2. The average Bonchev–Trinajstić information content (AvgIpc) is 0.909. The fraction of sp³-hybridized carbons (Fsp3) is 0.840. The average molecular weight is 1780 g/mol. The number of hydrogen-bond acceptors (Lipinski definition) is 20. The highest BCUT2D eigenvalue weighted by molar-refractivity contribution is 5.83. The summed E-state index contributed by atoms with van der Waals surface area (Å²) in [4.78, 5) is 132. The Kier molecular flexibility index (Phi) is 67.6. The van der Waals surface area contributed by atoms with E-state index in [2.05, 4.69) is 76.2 Å². The zero-order valence-electron chi connectivity index (χ0n) is 80.9. The van der Waals surface area contributed by atoms with Crippen LogP contribution in [0.4, 0.5) is 0 Å². The number of nitrogens with zero attached hydrogens (tertiary/aromatic N) is 4. The Hall–Kier alpha value is -6.96. The van der Waals surface area contributed by atoms with Crippen molar-refractivity contribution < 1.29 is 96.8 Å². The molecule has 0 fully saturated rings. The van der Waals surface area contributed by atoms with Crippen LogP contribution in [0.15, 0.2) is 36.9 Å². The quantitative estimate of drug-likeness (QED) is 0.0203. The number of hydrogen-bond donors (Lipinski definition) is 6. The third kappa shape index (κ3) is 53.9. The van der Waals surface area contributed by atoms with E-state index < -0.39 is 93.5 Å². The van der Waals surface area contributed by atoms with Gasteiger partial charge in [0.05, 0.1) is 81.3 Å². The minimum Gasteiger partial charge on any atom is -0.481 e. The Bertz CT molecular complexity index is 3150. The maximum atomic E-state index is 13.8. The van der Waals surface area contributed by atoms with Crippen molar-refractivity contribution in [3.05, 3.63) is 36.9 Å². The Balaban J connectivity index is 0.00000126. The number of aliphatic hydroxyl groups excluding tert-OH is 2. The molecule has 2 aromatic rings.